The fraction of sp³-hybridized carbons (Fsp3) is 0.238. The fourth-order valence-electron chi connectivity index (χ4n) is 3.22. The van der Waals surface area contributed by atoms with Gasteiger partial charge >= 0.3 is 0 Å². The first kappa shape index (κ1) is 21.3. The van der Waals surface area contributed by atoms with Crippen LogP contribution >= 0.6 is 11.3 Å². The Labute approximate surface area is 184 Å². The van der Waals surface area contributed by atoms with Crippen LogP contribution in [0.3, 0.4) is 0 Å². The quantitative estimate of drug-likeness (QED) is 0.435. The number of aromatic nitrogens is 3. The third-order valence-corrected chi connectivity index (χ3v) is 7.22. The number of rotatable bonds is 8. The summed E-state index contributed by atoms with van der Waals surface area (Å²) in [6.07, 6.45) is 0.460. The number of methoxy groups -OCH3 is 2. The number of hydrogen-bond acceptors (Lipinski definition) is 7. The van der Waals surface area contributed by atoms with Crippen molar-refractivity contribution in [1.29, 1.82) is 0 Å². The van der Waals surface area contributed by atoms with Crippen LogP contribution in [0.2, 0.25) is 0 Å². The lowest BCUT2D eigenvalue weighted by Crippen LogP contribution is -2.26. The van der Waals surface area contributed by atoms with E-state index in [9.17, 15) is 8.42 Å². The molecule has 0 fully saturated rings. The molecule has 10 heteroatoms. The van der Waals surface area contributed by atoms with Crippen molar-refractivity contribution in [2.45, 2.75) is 18.2 Å². The zero-order valence-electron chi connectivity index (χ0n) is 17.3. The van der Waals surface area contributed by atoms with Gasteiger partial charge in [0.1, 0.15) is 16.4 Å². The Morgan fingerprint density at radius 1 is 1.13 bits per heavy atom. The molecule has 0 saturated heterocycles. The molecule has 2 aromatic carbocycles. The predicted molar refractivity (Wildman–Crippen MR) is 119 cm³/mol. The largest absolute Gasteiger partial charge is 0.497 e. The van der Waals surface area contributed by atoms with Crippen molar-refractivity contribution in [3.8, 4) is 22.9 Å². The van der Waals surface area contributed by atoms with Crippen molar-refractivity contribution >= 4 is 26.3 Å². The first-order chi connectivity index (χ1) is 14.9. The smallest absolute Gasteiger partial charge is 0.244 e. The van der Waals surface area contributed by atoms with Crippen molar-refractivity contribution in [3.63, 3.8) is 0 Å². The lowest BCUT2D eigenvalue weighted by atomic mass is 10.1. The van der Waals surface area contributed by atoms with Gasteiger partial charge in [0.05, 0.1) is 19.9 Å². The Kier molecular flexibility index (Phi) is 5.94. The molecule has 0 saturated carbocycles. The highest BCUT2D eigenvalue weighted by Gasteiger charge is 2.21. The summed E-state index contributed by atoms with van der Waals surface area (Å²) < 4.78 is 40.4. The maximum Gasteiger partial charge on any atom is 0.244 e. The third kappa shape index (κ3) is 4.27. The van der Waals surface area contributed by atoms with Gasteiger partial charge in [-0.05, 0) is 24.6 Å². The van der Waals surface area contributed by atoms with Crippen LogP contribution in [0.15, 0.2) is 52.7 Å². The van der Waals surface area contributed by atoms with Crippen LogP contribution in [0, 0.1) is 6.92 Å². The number of fused-ring (bicyclic) bond motifs is 1. The molecule has 0 atom stereocenters. The van der Waals surface area contributed by atoms with E-state index in [1.807, 2.05) is 36.6 Å². The average Bonchev–Trinajstić information content (AvgIpc) is 3.35. The third-order valence-electron chi connectivity index (χ3n) is 4.87. The summed E-state index contributed by atoms with van der Waals surface area (Å²) in [5, 5.41) is 6.57. The van der Waals surface area contributed by atoms with Gasteiger partial charge < -0.3 is 9.47 Å². The van der Waals surface area contributed by atoms with E-state index in [-0.39, 0.29) is 17.2 Å². The summed E-state index contributed by atoms with van der Waals surface area (Å²) in [7, 11) is -0.869. The van der Waals surface area contributed by atoms with E-state index in [0.29, 0.717) is 18.0 Å². The number of aryl methyl sites for hydroxylation is 1. The predicted octanol–water partition coefficient (Wildman–Crippen LogP) is 3.30. The van der Waals surface area contributed by atoms with Crippen LogP contribution in [0.5, 0.6) is 11.5 Å². The molecule has 8 nitrogen and oxygen atoms in total. The zero-order valence-corrected chi connectivity index (χ0v) is 19.0. The van der Waals surface area contributed by atoms with Gasteiger partial charge in [0.15, 0.2) is 5.82 Å². The van der Waals surface area contributed by atoms with Crippen molar-refractivity contribution in [2.24, 2.45) is 0 Å². The van der Waals surface area contributed by atoms with Crippen LogP contribution in [0.1, 0.15) is 11.3 Å². The van der Waals surface area contributed by atoms with Crippen LogP contribution in [-0.4, -0.2) is 43.8 Å². The summed E-state index contributed by atoms with van der Waals surface area (Å²) in [6.45, 7) is 2.22. The van der Waals surface area contributed by atoms with E-state index < -0.39 is 10.0 Å². The van der Waals surface area contributed by atoms with E-state index in [4.69, 9.17) is 9.47 Å². The molecule has 0 radical (unpaired) electrons. The SMILES string of the molecule is COc1ccc(OC)c(S(=O)(=O)NCCc2csc3nc(-c4ccccc4C)nn23)c1. The molecule has 2 aromatic heterocycles. The van der Waals surface area contributed by atoms with Crippen LogP contribution in [-0.2, 0) is 16.4 Å². The topological polar surface area (TPSA) is 94.8 Å². The summed E-state index contributed by atoms with van der Waals surface area (Å²) in [4.78, 5) is 5.42. The molecule has 0 aliphatic heterocycles. The van der Waals surface area contributed by atoms with Gasteiger partial charge in [-0.25, -0.2) is 17.7 Å². The van der Waals surface area contributed by atoms with E-state index >= 15 is 0 Å². The highest BCUT2D eigenvalue weighted by atomic mass is 32.2. The van der Waals surface area contributed by atoms with Gasteiger partial charge in [0, 0.05) is 30.0 Å². The highest BCUT2D eigenvalue weighted by molar-refractivity contribution is 7.89. The average molecular weight is 459 g/mol. The Morgan fingerprint density at radius 3 is 2.68 bits per heavy atom. The number of nitrogens with zero attached hydrogens (tertiary/aromatic N) is 3. The van der Waals surface area contributed by atoms with Crippen LogP contribution < -0.4 is 14.2 Å². The second kappa shape index (κ2) is 8.66. The minimum atomic E-state index is -3.78. The zero-order chi connectivity index (χ0) is 22.0. The van der Waals surface area contributed by atoms with Crippen molar-refractivity contribution in [2.75, 3.05) is 20.8 Å². The number of ether oxygens (including phenoxy) is 2. The van der Waals surface area contributed by atoms with Crippen LogP contribution in [0.25, 0.3) is 16.3 Å². The summed E-state index contributed by atoms with van der Waals surface area (Å²) in [5.74, 6) is 1.35. The number of hydrogen-bond donors (Lipinski definition) is 1. The Hall–Kier alpha value is -2.95. The maximum absolute atomic E-state index is 12.8. The molecule has 0 aliphatic carbocycles. The molecule has 0 amide bonds. The summed E-state index contributed by atoms with van der Waals surface area (Å²) in [5.41, 5.74) is 2.96. The molecule has 0 spiro atoms. The van der Waals surface area contributed by atoms with Gasteiger partial charge in [0.2, 0.25) is 15.0 Å². The molecule has 0 bridgehead atoms. The van der Waals surface area contributed by atoms with Crippen LogP contribution in [0.4, 0.5) is 0 Å². The van der Waals surface area contributed by atoms with Gasteiger partial charge in [-0.1, -0.05) is 24.3 Å². The molecular weight excluding hydrogens is 436 g/mol. The monoisotopic (exact) mass is 458 g/mol. The van der Waals surface area contributed by atoms with Crippen molar-refractivity contribution in [1.82, 2.24) is 19.3 Å². The summed E-state index contributed by atoms with van der Waals surface area (Å²) >= 11 is 1.48. The van der Waals surface area contributed by atoms with E-state index in [1.165, 1.54) is 31.6 Å². The lowest BCUT2D eigenvalue weighted by Gasteiger charge is -2.12. The number of sulfonamides is 1. The molecule has 162 valence electrons. The van der Waals surface area contributed by atoms with Crippen molar-refractivity contribution in [3.05, 3.63) is 59.1 Å². The minimum Gasteiger partial charge on any atom is -0.497 e. The molecule has 1 N–H and O–H groups in total. The molecule has 31 heavy (non-hydrogen) atoms. The second-order valence-corrected chi connectivity index (χ2v) is 9.41. The maximum atomic E-state index is 12.8. The summed E-state index contributed by atoms with van der Waals surface area (Å²) in [6, 6.07) is 12.6. The van der Waals surface area contributed by atoms with Crippen molar-refractivity contribution < 1.29 is 17.9 Å². The lowest BCUT2D eigenvalue weighted by molar-refractivity contribution is 0.392. The highest BCUT2D eigenvalue weighted by Crippen LogP contribution is 2.28. The Bertz CT molecular complexity index is 1330. The van der Waals surface area contributed by atoms with E-state index in [2.05, 4.69) is 14.8 Å². The Balaban J connectivity index is 1.52. The molecule has 2 heterocycles. The molecule has 4 rings (SSSR count). The number of thiazole rings is 1. The Morgan fingerprint density at radius 2 is 1.94 bits per heavy atom. The van der Waals surface area contributed by atoms with Gasteiger partial charge in [-0.2, -0.15) is 4.98 Å². The van der Waals surface area contributed by atoms with Gasteiger partial charge in [-0.15, -0.1) is 16.4 Å². The minimum absolute atomic E-state index is 0.0346. The normalized spacial score (nSPS) is 11.7. The number of nitrogens with one attached hydrogen (secondary N) is 1. The second-order valence-electron chi connectivity index (χ2n) is 6.84. The van der Waals surface area contributed by atoms with Gasteiger partial charge in [0.25, 0.3) is 0 Å². The van der Waals surface area contributed by atoms with Gasteiger partial charge in [-0.3, -0.25) is 0 Å². The number of benzene rings is 2. The molecule has 4 aromatic rings. The molecule has 0 unspecified atom stereocenters. The van der Waals surface area contributed by atoms with E-state index in [1.54, 1.807) is 16.6 Å². The molecular formula is C21H22N4O4S2. The molecule has 0 aliphatic rings. The first-order valence-electron chi connectivity index (χ1n) is 9.54. The van der Waals surface area contributed by atoms with E-state index in [0.717, 1.165) is 21.8 Å². The fourth-order valence-corrected chi connectivity index (χ4v) is 5.29. The first-order valence-corrected chi connectivity index (χ1v) is 11.9. The standard InChI is InChI=1S/C21H22N4O4S2/c1-14-6-4-5-7-17(14)20-23-21-25(24-20)15(13-30-21)10-11-22-31(26,27)19-12-16(28-2)8-9-18(19)29-3/h4-9,12-13,22H,10-11H2,1-3H3.